The summed E-state index contributed by atoms with van der Waals surface area (Å²) < 4.78 is 5.64. The highest BCUT2D eigenvalue weighted by molar-refractivity contribution is 5.91. The molecule has 0 radical (unpaired) electrons. The van der Waals surface area contributed by atoms with Crippen LogP contribution in [-0.2, 0) is 13.0 Å². The molecule has 1 N–H and O–H groups in total. The summed E-state index contributed by atoms with van der Waals surface area (Å²) in [6, 6.07) is 15.1. The van der Waals surface area contributed by atoms with Gasteiger partial charge in [0.05, 0.1) is 0 Å². The van der Waals surface area contributed by atoms with Gasteiger partial charge in [0.2, 0.25) is 0 Å². The lowest BCUT2D eigenvalue weighted by atomic mass is 10.1. The largest absolute Gasteiger partial charge is 0.488 e. The minimum atomic E-state index is -0.953. The third-order valence-electron chi connectivity index (χ3n) is 3.05. The van der Waals surface area contributed by atoms with Crippen LogP contribution in [0.5, 0.6) is 5.75 Å². The van der Waals surface area contributed by atoms with Gasteiger partial charge in [0, 0.05) is 0 Å². The van der Waals surface area contributed by atoms with E-state index in [0.717, 1.165) is 24.0 Å². The van der Waals surface area contributed by atoms with Gasteiger partial charge in [0.25, 0.3) is 0 Å². The second kappa shape index (κ2) is 6.75. The maximum Gasteiger partial charge on any atom is 0.339 e. The summed E-state index contributed by atoms with van der Waals surface area (Å²) in [4.78, 5) is 11.3. The summed E-state index contributed by atoms with van der Waals surface area (Å²) in [6.45, 7) is 2.44. The van der Waals surface area contributed by atoms with Gasteiger partial charge in [-0.2, -0.15) is 0 Å². The van der Waals surface area contributed by atoms with E-state index in [4.69, 9.17) is 4.74 Å². The number of carboxylic acid groups (broad SMARTS) is 1. The van der Waals surface area contributed by atoms with Crippen molar-refractivity contribution < 1.29 is 14.6 Å². The molecule has 0 heterocycles. The lowest BCUT2D eigenvalue weighted by Gasteiger charge is -2.10. The van der Waals surface area contributed by atoms with Crippen LogP contribution in [0.25, 0.3) is 0 Å². The number of ether oxygens (including phenoxy) is 1. The molecule has 0 fully saturated rings. The molecule has 0 bridgehead atoms. The molecule has 104 valence electrons. The molecule has 0 aliphatic heterocycles. The molecule has 2 aromatic rings. The minimum Gasteiger partial charge on any atom is -0.488 e. The number of rotatable bonds is 6. The highest BCUT2D eigenvalue weighted by Crippen LogP contribution is 2.22. The first-order chi connectivity index (χ1) is 9.70. The number of benzene rings is 2. The standard InChI is InChI=1S/C17H18O3/c1-2-6-13-9-10-16(15(11-13)17(18)19)20-12-14-7-4-3-5-8-14/h3-5,7-11H,2,6,12H2,1H3,(H,18,19). The minimum absolute atomic E-state index is 0.229. The van der Waals surface area contributed by atoms with Crippen molar-refractivity contribution in [3.8, 4) is 5.75 Å². The van der Waals surface area contributed by atoms with Gasteiger partial charge in [0.15, 0.2) is 0 Å². The molecule has 20 heavy (non-hydrogen) atoms. The van der Waals surface area contributed by atoms with Crippen LogP contribution in [0.3, 0.4) is 0 Å². The third-order valence-corrected chi connectivity index (χ3v) is 3.05. The number of carboxylic acids is 1. The van der Waals surface area contributed by atoms with Crippen LogP contribution in [0, 0.1) is 0 Å². The molecule has 0 saturated carbocycles. The molecule has 2 aromatic carbocycles. The average molecular weight is 270 g/mol. The monoisotopic (exact) mass is 270 g/mol. The molecule has 0 aromatic heterocycles. The second-order valence-corrected chi connectivity index (χ2v) is 4.66. The van der Waals surface area contributed by atoms with Gasteiger partial charge < -0.3 is 9.84 Å². The zero-order chi connectivity index (χ0) is 14.4. The maximum absolute atomic E-state index is 11.3. The molecule has 0 aliphatic carbocycles. The van der Waals surface area contributed by atoms with E-state index in [-0.39, 0.29) is 5.56 Å². The smallest absolute Gasteiger partial charge is 0.339 e. The van der Waals surface area contributed by atoms with Crippen molar-refractivity contribution in [2.45, 2.75) is 26.4 Å². The topological polar surface area (TPSA) is 46.5 Å². The first-order valence-electron chi connectivity index (χ1n) is 6.73. The molecule has 0 saturated heterocycles. The molecular weight excluding hydrogens is 252 g/mol. The molecular formula is C17H18O3. The molecule has 3 nitrogen and oxygen atoms in total. The molecule has 0 spiro atoms. The Balaban J connectivity index is 2.16. The van der Waals surface area contributed by atoms with E-state index in [2.05, 4.69) is 6.92 Å². The molecule has 0 unspecified atom stereocenters. The zero-order valence-corrected chi connectivity index (χ0v) is 11.5. The fourth-order valence-electron chi connectivity index (χ4n) is 2.05. The van der Waals surface area contributed by atoms with Crippen LogP contribution < -0.4 is 4.74 Å². The van der Waals surface area contributed by atoms with E-state index in [9.17, 15) is 9.90 Å². The van der Waals surface area contributed by atoms with Crippen molar-refractivity contribution in [1.82, 2.24) is 0 Å². The average Bonchev–Trinajstić information content (AvgIpc) is 2.47. The maximum atomic E-state index is 11.3. The Morgan fingerprint density at radius 1 is 1.10 bits per heavy atom. The fourth-order valence-corrected chi connectivity index (χ4v) is 2.05. The summed E-state index contributed by atoms with van der Waals surface area (Å²) >= 11 is 0. The highest BCUT2D eigenvalue weighted by Gasteiger charge is 2.12. The Kier molecular flexibility index (Phi) is 4.77. The predicted molar refractivity (Wildman–Crippen MR) is 78.2 cm³/mol. The summed E-state index contributed by atoms with van der Waals surface area (Å²) in [7, 11) is 0. The summed E-state index contributed by atoms with van der Waals surface area (Å²) in [5.41, 5.74) is 2.27. The Hall–Kier alpha value is -2.29. The fraction of sp³-hybridized carbons (Fsp3) is 0.235. The number of carbonyl (C=O) groups is 1. The van der Waals surface area contributed by atoms with E-state index < -0.39 is 5.97 Å². The van der Waals surface area contributed by atoms with E-state index in [1.807, 2.05) is 36.4 Å². The first-order valence-corrected chi connectivity index (χ1v) is 6.73. The second-order valence-electron chi connectivity index (χ2n) is 4.66. The van der Waals surface area contributed by atoms with Crippen molar-refractivity contribution in [2.75, 3.05) is 0 Å². The highest BCUT2D eigenvalue weighted by atomic mass is 16.5. The first kappa shape index (κ1) is 14.1. The lowest BCUT2D eigenvalue weighted by Crippen LogP contribution is -2.04. The van der Waals surface area contributed by atoms with Crippen LogP contribution in [0.4, 0.5) is 0 Å². The van der Waals surface area contributed by atoms with Crippen LogP contribution in [0.1, 0.15) is 34.8 Å². The lowest BCUT2D eigenvalue weighted by molar-refractivity contribution is 0.0691. The summed E-state index contributed by atoms with van der Waals surface area (Å²) in [6.07, 6.45) is 1.86. The molecule has 3 heteroatoms. The van der Waals surface area contributed by atoms with Crippen LogP contribution >= 0.6 is 0 Å². The normalized spacial score (nSPS) is 10.2. The quantitative estimate of drug-likeness (QED) is 0.865. The molecule has 0 atom stereocenters. The van der Waals surface area contributed by atoms with Crippen molar-refractivity contribution in [2.24, 2.45) is 0 Å². The Bertz CT molecular complexity index is 576. The molecule has 2 rings (SSSR count). The van der Waals surface area contributed by atoms with Gasteiger partial charge in [0.1, 0.15) is 17.9 Å². The van der Waals surface area contributed by atoms with E-state index in [0.29, 0.717) is 12.4 Å². The van der Waals surface area contributed by atoms with E-state index >= 15 is 0 Å². The SMILES string of the molecule is CCCc1ccc(OCc2ccccc2)c(C(=O)O)c1. The van der Waals surface area contributed by atoms with Gasteiger partial charge in [-0.25, -0.2) is 4.79 Å². The van der Waals surface area contributed by atoms with E-state index in [1.165, 1.54) is 0 Å². The van der Waals surface area contributed by atoms with Crippen molar-refractivity contribution in [3.05, 3.63) is 65.2 Å². The number of hydrogen-bond donors (Lipinski definition) is 1. The zero-order valence-electron chi connectivity index (χ0n) is 11.5. The third kappa shape index (κ3) is 3.60. The van der Waals surface area contributed by atoms with Crippen molar-refractivity contribution in [3.63, 3.8) is 0 Å². The Morgan fingerprint density at radius 2 is 1.85 bits per heavy atom. The van der Waals surface area contributed by atoms with E-state index in [1.54, 1.807) is 12.1 Å². The number of aromatic carboxylic acids is 1. The van der Waals surface area contributed by atoms with Crippen molar-refractivity contribution in [1.29, 1.82) is 0 Å². The summed E-state index contributed by atoms with van der Waals surface area (Å²) in [5.74, 6) is -0.535. The predicted octanol–water partition coefficient (Wildman–Crippen LogP) is 3.92. The molecule has 0 amide bonds. The van der Waals surface area contributed by atoms with Gasteiger partial charge in [-0.05, 0) is 29.7 Å². The van der Waals surface area contributed by atoms with Crippen LogP contribution in [-0.4, -0.2) is 11.1 Å². The number of aryl methyl sites for hydroxylation is 1. The van der Waals surface area contributed by atoms with Crippen molar-refractivity contribution >= 4 is 5.97 Å². The summed E-state index contributed by atoms with van der Waals surface area (Å²) in [5, 5.41) is 9.28. The van der Waals surface area contributed by atoms with Gasteiger partial charge in [-0.15, -0.1) is 0 Å². The Labute approximate surface area is 118 Å². The van der Waals surface area contributed by atoms with Gasteiger partial charge in [-0.3, -0.25) is 0 Å². The van der Waals surface area contributed by atoms with Gasteiger partial charge in [-0.1, -0.05) is 49.7 Å². The Morgan fingerprint density at radius 3 is 2.50 bits per heavy atom. The van der Waals surface area contributed by atoms with Crippen LogP contribution in [0.2, 0.25) is 0 Å². The number of hydrogen-bond acceptors (Lipinski definition) is 2. The van der Waals surface area contributed by atoms with Gasteiger partial charge >= 0.3 is 5.97 Å². The van der Waals surface area contributed by atoms with Crippen LogP contribution in [0.15, 0.2) is 48.5 Å². The molecule has 0 aliphatic rings.